The number of esters is 1. The molecule has 0 radical (unpaired) electrons. The van der Waals surface area contributed by atoms with E-state index in [-0.39, 0.29) is 0 Å². The molecule has 0 saturated carbocycles. The maximum absolute atomic E-state index is 11.6. The summed E-state index contributed by atoms with van der Waals surface area (Å²) in [5.41, 5.74) is 0.817. The first-order chi connectivity index (χ1) is 9.92. The Morgan fingerprint density at radius 3 is 2.43 bits per heavy atom. The summed E-state index contributed by atoms with van der Waals surface area (Å²) in [5, 5.41) is 4.25. The van der Waals surface area contributed by atoms with Gasteiger partial charge in [0.2, 0.25) is 0 Å². The van der Waals surface area contributed by atoms with E-state index in [1.54, 1.807) is 6.08 Å². The summed E-state index contributed by atoms with van der Waals surface area (Å²) in [6.07, 6.45) is 1.72. The number of imide groups is 1. The van der Waals surface area contributed by atoms with E-state index >= 15 is 0 Å². The fraction of sp³-hybridized carbons (Fsp3) is 0.214. The molecule has 0 fully saturated rings. The topological polar surface area (TPSA) is 84.5 Å². The standard InChI is InChI=1S/C14H15BrN2O4/c1-9(13(19)17-14(20)16-2)21-12(18)8-5-10-3-6-11(15)7-4-10/h3-9H,1-2H3,(H2,16,17,19,20)/b8-5+/t9-/m0/s1. The van der Waals surface area contributed by atoms with E-state index in [0.29, 0.717) is 0 Å². The average Bonchev–Trinajstić information content (AvgIpc) is 2.46. The Kier molecular flexibility index (Phi) is 6.61. The number of rotatable bonds is 4. The summed E-state index contributed by atoms with van der Waals surface area (Å²) in [6, 6.07) is 6.65. The van der Waals surface area contributed by atoms with Crippen molar-refractivity contribution >= 4 is 39.9 Å². The summed E-state index contributed by atoms with van der Waals surface area (Å²) < 4.78 is 5.81. The highest BCUT2D eigenvalue weighted by Crippen LogP contribution is 2.11. The van der Waals surface area contributed by atoms with Crippen molar-refractivity contribution in [2.45, 2.75) is 13.0 Å². The first-order valence-electron chi connectivity index (χ1n) is 6.09. The zero-order chi connectivity index (χ0) is 15.8. The first kappa shape index (κ1) is 16.9. The number of halogens is 1. The molecule has 2 N–H and O–H groups in total. The molecule has 1 rings (SSSR count). The molecule has 0 saturated heterocycles. The van der Waals surface area contributed by atoms with Crippen molar-refractivity contribution in [2.75, 3.05) is 7.05 Å². The normalized spacial score (nSPS) is 11.8. The second kappa shape index (κ2) is 8.21. The molecule has 0 aliphatic heterocycles. The van der Waals surface area contributed by atoms with Crippen LogP contribution in [0.25, 0.3) is 6.08 Å². The van der Waals surface area contributed by atoms with Crippen LogP contribution in [0.15, 0.2) is 34.8 Å². The Hall–Kier alpha value is -2.15. The summed E-state index contributed by atoms with van der Waals surface area (Å²) in [6.45, 7) is 1.38. The number of carbonyl (C=O) groups excluding carboxylic acids is 3. The molecule has 0 unspecified atom stereocenters. The number of carbonyl (C=O) groups is 3. The number of nitrogens with one attached hydrogen (secondary N) is 2. The molecule has 0 spiro atoms. The van der Waals surface area contributed by atoms with Crippen LogP contribution in [-0.2, 0) is 14.3 Å². The van der Waals surface area contributed by atoms with Gasteiger partial charge < -0.3 is 10.1 Å². The van der Waals surface area contributed by atoms with Gasteiger partial charge in [-0.25, -0.2) is 9.59 Å². The number of benzene rings is 1. The predicted octanol–water partition coefficient (Wildman–Crippen LogP) is 1.85. The number of hydrogen-bond donors (Lipinski definition) is 2. The Morgan fingerprint density at radius 1 is 1.24 bits per heavy atom. The molecule has 7 heteroatoms. The van der Waals surface area contributed by atoms with Gasteiger partial charge in [0.1, 0.15) is 0 Å². The lowest BCUT2D eigenvalue weighted by atomic mass is 10.2. The molecule has 0 heterocycles. The fourth-order valence-electron chi connectivity index (χ4n) is 1.28. The third kappa shape index (κ3) is 6.22. The molecule has 1 aromatic rings. The third-order valence-corrected chi connectivity index (χ3v) is 2.94. The van der Waals surface area contributed by atoms with Crippen molar-refractivity contribution in [3.05, 3.63) is 40.4 Å². The smallest absolute Gasteiger partial charge is 0.331 e. The molecule has 0 bridgehead atoms. The molecule has 112 valence electrons. The van der Waals surface area contributed by atoms with Crippen molar-refractivity contribution in [1.82, 2.24) is 10.6 Å². The largest absolute Gasteiger partial charge is 0.449 e. The van der Waals surface area contributed by atoms with Crippen LogP contribution in [0.5, 0.6) is 0 Å². The van der Waals surface area contributed by atoms with E-state index in [0.717, 1.165) is 10.0 Å². The molecular formula is C14H15BrN2O4. The van der Waals surface area contributed by atoms with Crippen molar-refractivity contribution in [3.8, 4) is 0 Å². The van der Waals surface area contributed by atoms with E-state index in [9.17, 15) is 14.4 Å². The van der Waals surface area contributed by atoms with Gasteiger partial charge in [-0.2, -0.15) is 0 Å². The number of urea groups is 1. The second-order valence-corrected chi connectivity index (χ2v) is 4.95. The van der Waals surface area contributed by atoms with Crippen LogP contribution in [0.1, 0.15) is 12.5 Å². The van der Waals surface area contributed by atoms with Gasteiger partial charge in [-0.15, -0.1) is 0 Å². The number of hydrogen-bond acceptors (Lipinski definition) is 4. The van der Waals surface area contributed by atoms with E-state index in [4.69, 9.17) is 4.74 Å². The van der Waals surface area contributed by atoms with Crippen molar-refractivity contribution in [1.29, 1.82) is 0 Å². The third-order valence-electron chi connectivity index (χ3n) is 2.41. The molecule has 3 amide bonds. The minimum Gasteiger partial charge on any atom is -0.449 e. The van der Waals surface area contributed by atoms with Gasteiger partial charge in [-0.3, -0.25) is 10.1 Å². The van der Waals surface area contributed by atoms with Crippen LogP contribution < -0.4 is 10.6 Å². The average molecular weight is 355 g/mol. The lowest BCUT2D eigenvalue weighted by Gasteiger charge is -2.11. The molecule has 0 aromatic heterocycles. The summed E-state index contributed by atoms with van der Waals surface area (Å²) in [7, 11) is 1.38. The first-order valence-corrected chi connectivity index (χ1v) is 6.88. The van der Waals surface area contributed by atoms with Crippen LogP contribution in [0.4, 0.5) is 4.79 Å². The quantitative estimate of drug-likeness (QED) is 0.638. The van der Waals surface area contributed by atoms with Crippen molar-refractivity contribution < 1.29 is 19.1 Å². The van der Waals surface area contributed by atoms with Crippen LogP contribution in [0.2, 0.25) is 0 Å². The zero-order valence-electron chi connectivity index (χ0n) is 11.6. The Labute approximate surface area is 130 Å². The number of amides is 3. The van der Waals surface area contributed by atoms with Crippen LogP contribution in [0.3, 0.4) is 0 Å². The molecular weight excluding hydrogens is 340 g/mol. The van der Waals surface area contributed by atoms with E-state index in [2.05, 4.69) is 21.2 Å². The minimum atomic E-state index is -1.07. The highest BCUT2D eigenvalue weighted by Gasteiger charge is 2.18. The van der Waals surface area contributed by atoms with Gasteiger partial charge in [-0.1, -0.05) is 28.1 Å². The zero-order valence-corrected chi connectivity index (χ0v) is 13.1. The Bertz CT molecular complexity index is 555. The summed E-state index contributed by atoms with van der Waals surface area (Å²) in [4.78, 5) is 34.0. The van der Waals surface area contributed by atoms with Gasteiger partial charge in [0.05, 0.1) is 0 Å². The van der Waals surface area contributed by atoms with Gasteiger partial charge in [0.25, 0.3) is 5.91 Å². The minimum absolute atomic E-state index is 0.659. The maximum Gasteiger partial charge on any atom is 0.331 e. The van der Waals surface area contributed by atoms with E-state index in [1.807, 2.05) is 29.6 Å². The van der Waals surface area contributed by atoms with E-state index in [1.165, 1.54) is 20.0 Å². The fourth-order valence-corrected chi connectivity index (χ4v) is 1.55. The van der Waals surface area contributed by atoms with Crippen LogP contribution in [-0.4, -0.2) is 31.1 Å². The molecule has 1 atom stereocenters. The van der Waals surface area contributed by atoms with Gasteiger partial charge in [0, 0.05) is 17.6 Å². The van der Waals surface area contributed by atoms with Crippen molar-refractivity contribution in [2.24, 2.45) is 0 Å². The lowest BCUT2D eigenvalue weighted by molar-refractivity contribution is -0.149. The summed E-state index contributed by atoms with van der Waals surface area (Å²) in [5.74, 6) is -1.36. The molecule has 0 aliphatic rings. The maximum atomic E-state index is 11.6. The molecule has 0 aliphatic carbocycles. The van der Waals surface area contributed by atoms with Gasteiger partial charge in [0.15, 0.2) is 6.10 Å². The molecule has 21 heavy (non-hydrogen) atoms. The molecule has 6 nitrogen and oxygen atoms in total. The van der Waals surface area contributed by atoms with Gasteiger partial charge >= 0.3 is 12.0 Å². The highest BCUT2D eigenvalue weighted by atomic mass is 79.9. The summed E-state index contributed by atoms with van der Waals surface area (Å²) >= 11 is 3.31. The lowest BCUT2D eigenvalue weighted by Crippen LogP contribution is -2.43. The van der Waals surface area contributed by atoms with Crippen LogP contribution >= 0.6 is 15.9 Å². The Morgan fingerprint density at radius 2 is 1.86 bits per heavy atom. The Balaban J connectivity index is 2.51. The molecule has 1 aromatic carbocycles. The monoisotopic (exact) mass is 354 g/mol. The van der Waals surface area contributed by atoms with Gasteiger partial charge in [-0.05, 0) is 30.7 Å². The van der Waals surface area contributed by atoms with Crippen molar-refractivity contribution in [3.63, 3.8) is 0 Å². The SMILES string of the molecule is CNC(=O)NC(=O)[C@H](C)OC(=O)/C=C/c1ccc(Br)cc1. The highest BCUT2D eigenvalue weighted by molar-refractivity contribution is 9.10. The predicted molar refractivity (Wildman–Crippen MR) is 81.3 cm³/mol. The van der Waals surface area contributed by atoms with E-state index < -0.39 is 24.0 Å². The second-order valence-electron chi connectivity index (χ2n) is 4.03. The number of ether oxygens (including phenoxy) is 1. The van der Waals surface area contributed by atoms with Crippen LogP contribution in [0, 0.1) is 0 Å².